The van der Waals surface area contributed by atoms with Crippen LogP contribution in [0.2, 0.25) is 0 Å². The molecule has 2 saturated heterocycles. The zero-order valence-corrected chi connectivity index (χ0v) is 33.2. The van der Waals surface area contributed by atoms with Gasteiger partial charge in [-0.2, -0.15) is 5.26 Å². The van der Waals surface area contributed by atoms with Gasteiger partial charge in [-0.3, -0.25) is 44.1 Å². The van der Waals surface area contributed by atoms with Crippen LogP contribution in [0, 0.1) is 16.7 Å². The van der Waals surface area contributed by atoms with Crippen LogP contribution in [0.25, 0.3) is 10.9 Å². The van der Waals surface area contributed by atoms with Gasteiger partial charge in [0.05, 0.1) is 40.3 Å². The first kappa shape index (κ1) is 38.2. The number of nitriles is 1. The van der Waals surface area contributed by atoms with Crippen LogP contribution >= 0.6 is 0 Å². The minimum Gasteiger partial charge on any atom is -0.494 e. The molecule has 1 aliphatic carbocycles. The van der Waals surface area contributed by atoms with Crippen LogP contribution in [0.3, 0.4) is 0 Å². The van der Waals surface area contributed by atoms with E-state index >= 15 is 0 Å². The molecule has 3 aromatic carbocycles. The molecule has 5 amide bonds. The predicted molar refractivity (Wildman–Crippen MR) is 216 cm³/mol. The Kier molecular flexibility index (Phi) is 9.38. The fraction of sp³-hybridized carbons (Fsp3) is 0.400. The van der Waals surface area contributed by atoms with E-state index in [0.29, 0.717) is 34.7 Å². The molecule has 14 heteroatoms. The number of piperidine rings is 1. The van der Waals surface area contributed by atoms with Gasteiger partial charge in [0.1, 0.15) is 29.7 Å². The maximum Gasteiger partial charge on any atom is 0.262 e. The number of amides is 5. The number of carbonyl (C=O) groups is 5. The normalized spacial score (nSPS) is 24.4. The molecule has 2 unspecified atom stereocenters. The third-order valence-corrected chi connectivity index (χ3v) is 13.1. The Morgan fingerprint density at radius 2 is 1.73 bits per heavy atom. The van der Waals surface area contributed by atoms with Crippen LogP contribution in [0.1, 0.15) is 88.7 Å². The third kappa shape index (κ3) is 6.26. The van der Waals surface area contributed by atoms with Crippen molar-refractivity contribution in [2.75, 3.05) is 44.2 Å². The number of rotatable bonds is 10. The maximum atomic E-state index is 13.7. The highest BCUT2D eigenvalue weighted by atomic mass is 16.5. The first-order chi connectivity index (χ1) is 28.4. The molecule has 2 N–H and O–H groups in total. The van der Waals surface area contributed by atoms with Gasteiger partial charge >= 0.3 is 0 Å². The van der Waals surface area contributed by atoms with Crippen molar-refractivity contribution >= 4 is 46.1 Å². The number of nitrogens with one attached hydrogen (secondary N) is 2. The van der Waals surface area contributed by atoms with Crippen LogP contribution < -0.4 is 25.0 Å². The quantitative estimate of drug-likeness (QED) is 0.173. The number of nitrogens with zero attached hydrogens (tertiary/aromatic N) is 5. The summed E-state index contributed by atoms with van der Waals surface area (Å²) in [5.74, 6) is -0.775. The van der Waals surface area contributed by atoms with Crippen LogP contribution in [0.4, 0.5) is 5.69 Å². The molecule has 0 spiro atoms. The molecule has 4 atom stereocenters. The Hall–Kier alpha value is -6.33. The van der Waals surface area contributed by atoms with Crippen LogP contribution in [-0.2, 0) is 15.0 Å². The van der Waals surface area contributed by atoms with Gasteiger partial charge in [0.25, 0.3) is 17.7 Å². The van der Waals surface area contributed by atoms with Gasteiger partial charge in [-0.05, 0) is 99.0 Å². The summed E-state index contributed by atoms with van der Waals surface area (Å²) >= 11 is 0. The number of fused-ring (bicyclic) bond motifs is 3. The number of hydrogen-bond donors (Lipinski definition) is 2. The van der Waals surface area contributed by atoms with Crippen molar-refractivity contribution in [3.8, 4) is 17.6 Å². The summed E-state index contributed by atoms with van der Waals surface area (Å²) in [5, 5.41) is 16.1. The Morgan fingerprint density at radius 3 is 2.47 bits per heavy atom. The SMILES string of the molecule is CC1(C)[C@H](NC(=O)c2ccc(OCCCCN3CCN(c4ccc5c(c4)C(=O)N(C4CCC(=O)NC4=O)C5=O)CC3)cc2)C2(C)c3ccnc4c(C#N)ccc(c34)O[C@@H]12. The lowest BCUT2D eigenvalue weighted by atomic mass is 9.45. The number of aromatic nitrogens is 1. The number of unbranched alkanes of at least 4 members (excludes halogenated alkanes) is 1. The number of pyridine rings is 1. The number of carbonyl (C=O) groups excluding carboxylic acids is 5. The lowest BCUT2D eigenvalue weighted by Gasteiger charge is -2.66. The van der Waals surface area contributed by atoms with Gasteiger partial charge in [0, 0.05) is 60.8 Å². The topological polar surface area (TPSA) is 174 Å². The number of hydrogen-bond acceptors (Lipinski definition) is 11. The van der Waals surface area contributed by atoms with Crippen molar-refractivity contribution in [2.24, 2.45) is 5.41 Å². The van der Waals surface area contributed by atoms with Gasteiger partial charge in [-0.25, -0.2) is 0 Å². The summed E-state index contributed by atoms with van der Waals surface area (Å²) in [6, 6.07) is 19.1. The van der Waals surface area contributed by atoms with Gasteiger partial charge < -0.3 is 19.7 Å². The summed E-state index contributed by atoms with van der Waals surface area (Å²) in [7, 11) is 0. The summed E-state index contributed by atoms with van der Waals surface area (Å²) in [6.07, 6.45) is 3.60. The average Bonchev–Trinajstić information content (AvgIpc) is 3.49. The zero-order chi connectivity index (χ0) is 41.2. The minimum absolute atomic E-state index is 0.0839. The Morgan fingerprint density at radius 1 is 0.966 bits per heavy atom. The van der Waals surface area contributed by atoms with E-state index in [0.717, 1.165) is 67.1 Å². The second kappa shape index (κ2) is 14.5. The molecule has 1 aromatic heterocycles. The average molecular weight is 796 g/mol. The van der Waals surface area contributed by atoms with Crippen molar-refractivity contribution < 1.29 is 33.4 Å². The van der Waals surface area contributed by atoms with E-state index in [2.05, 4.69) is 52.3 Å². The highest BCUT2D eigenvalue weighted by molar-refractivity contribution is 6.23. The molecule has 59 heavy (non-hydrogen) atoms. The minimum atomic E-state index is -0.982. The fourth-order valence-electron chi connectivity index (χ4n) is 10.1. The lowest BCUT2D eigenvalue weighted by molar-refractivity contribution is -0.136. The second-order valence-corrected chi connectivity index (χ2v) is 16.9. The fourth-order valence-corrected chi connectivity index (χ4v) is 10.1. The summed E-state index contributed by atoms with van der Waals surface area (Å²) in [6.45, 7) is 11.1. The largest absolute Gasteiger partial charge is 0.494 e. The van der Waals surface area contributed by atoms with Gasteiger partial charge in [-0.15, -0.1) is 0 Å². The van der Waals surface area contributed by atoms with Crippen molar-refractivity contribution in [1.29, 1.82) is 5.26 Å². The molecule has 1 saturated carbocycles. The second-order valence-electron chi connectivity index (χ2n) is 16.9. The first-order valence-electron chi connectivity index (χ1n) is 20.3. The molecule has 0 radical (unpaired) electrons. The Labute approximate surface area is 341 Å². The molecule has 5 aliphatic rings. The van der Waals surface area contributed by atoms with E-state index < -0.39 is 35.1 Å². The molecule has 9 rings (SSSR count). The smallest absolute Gasteiger partial charge is 0.262 e. The zero-order valence-electron chi connectivity index (χ0n) is 33.2. The van der Waals surface area contributed by atoms with E-state index in [9.17, 15) is 29.2 Å². The number of piperazine rings is 1. The number of benzene rings is 3. The Balaban J connectivity index is 0.734. The molecule has 14 nitrogen and oxygen atoms in total. The molecular weight excluding hydrogens is 751 g/mol. The highest BCUT2D eigenvalue weighted by Crippen LogP contribution is 2.61. The molecule has 3 fully saturated rings. The van der Waals surface area contributed by atoms with Crippen molar-refractivity contribution in [1.82, 2.24) is 25.4 Å². The third-order valence-electron chi connectivity index (χ3n) is 13.1. The van der Waals surface area contributed by atoms with Crippen molar-refractivity contribution in [2.45, 2.75) is 70.1 Å². The maximum absolute atomic E-state index is 13.7. The summed E-state index contributed by atoms with van der Waals surface area (Å²) < 4.78 is 12.6. The molecule has 4 aliphatic heterocycles. The van der Waals surface area contributed by atoms with Gasteiger partial charge in [0.2, 0.25) is 11.8 Å². The predicted octanol–water partition coefficient (Wildman–Crippen LogP) is 4.35. The first-order valence-corrected chi connectivity index (χ1v) is 20.3. The van der Waals surface area contributed by atoms with E-state index in [4.69, 9.17) is 9.47 Å². The van der Waals surface area contributed by atoms with E-state index in [-0.39, 0.29) is 47.4 Å². The number of imide groups is 2. The molecule has 5 heterocycles. The van der Waals surface area contributed by atoms with Gasteiger partial charge in [0.15, 0.2) is 0 Å². The lowest BCUT2D eigenvalue weighted by Crippen LogP contribution is -2.78. The molecule has 0 bridgehead atoms. The van der Waals surface area contributed by atoms with E-state index in [1.807, 2.05) is 30.3 Å². The number of ether oxygens (including phenoxy) is 2. The molecule has 302 valence electrons. The molecular formula is C45H45N7O7. The van der Waals surface area contributed by atoms with E-state index in [1.54, 1.807) is 36.5 Å². The monoisotopic (exact) mass is 795 g/mol. The van der Waals surface area contributed by atoms with Gasteiger partial charge in [-0.1, -0.05) is 13.8 Å². The molecule has 4 aromatic rings. The van der Waals surface area contributed by atoms with Crippen molar-refractivity contribution in [3.05, 3.63) is 94.7 Å². The van der Waals surface area contributed by atoms with Crippen molar-refractivity contribution in [3.63, 3.8) is 0 Å². The van der Waals surface area contributed by atoms with Crippen LogP contribution in [0.5, 0.6) is 11.5 Å². The standard InChI is InChI=1S/C45H45N7O7/c1-44(2)42(45(3)32-16-17-47-37-27(25-46)8-14-34(36(32)37)59-43(44)45)49-38(54)26-6-10-29(11-7-26)58-23-5-4-18-50-19-21-51(22-20-50)28-9-12-30-31(24-28)41(57)52(40(30)56)33-13-15-35(53)48-39(33)55/h6-12,14,16-17,24,33,42-43H,4-5,13,15,18-23H2,1-3H3,(H,49,54)(H,48,53,55)/t33?,42-,43-,45?/m0/s1. The van der Waals surface area contributed by atoms with Crippen LogP contribution in [-0.4, -0.2) is 102 Å². The van der Waals surface area contributed by atoms with Crippen LogP contribution in [0.15, 0.2) is 66.9 Å². The Bertz CT molecular complexity index is 2470. The summed E-state index contributed by atoms with van der Waals surface area (Å²) in [4.78, 5) is 74.1. The highest BCUT2D eigenvalue weighted by Gasteiger charge is 2.69. The summed E-state index contributed by atoms with van der Waals surface area (Å²) in [5.41, 5.74) is 3.22. The van der Waals surface area contributed by atoms with E-state index in [1.165, 1.54) is 0 Å². The number of anilines is 1.